The highest BCUT2D eigenvalue weighted by atomic mass is 16.2. The monoisotopic (exact) mass is 376 g/mol. The molecule has 2 aliphatic rings. The lowest BCUT2D eigenvalue weighted by molar-refractivity contribution is -0.143. The Labute approximate surface area is 166 Å². The largest absolute Gasteiger partial charge is 0.340 e. The van der Waals surface area contributed by atoms with Crippen molar-refractivity contribution in [3.8, 4) is 0 Å². The van der Waals surface area contributed by atoms with Gasteiger partial charge in [0.25, 0.3) is 5.91 Å². The number of rotatable bonds is 4. The molecule has 2 fully saturated rings. The molecule has 1 atom stereocenters. The van der Waals surface area contributed by atoms with E-state index in [1.54, 1.807) is 0 Å². The summed E-state index contributed by atoms with van der Waals surface area (Å²) >= 11 is 0. The molecule has 2 heterocycles. The van der Waals surface area contributed by atoms with Crippen LogP contribution in [0.15, 0.2) is 54.6 Å². The Hall–Kier alpha value is -2.46. The van der Waals surface area contributed by atoms with E-state index < -0.39 is 11.4 Å². The third-order valence-corrected chi connectivity index (χ3v) is 6.44. The average Bonchev–Trinajstić information content (AvgIpc) is 2.73. The first-order valence-electron chi connectivity index (χ1n) is 10.3. The highest BCUT2D eigenvalue weighted by Crippen LogP contribution is 2.42. The van der Waals surface area contributed by atoms with Gasteiger partial charge in [-0.1, -0.05) is 60.2 Å². The zero-order chi connectivity index (χ0) is 19.6. The van der Waals surface area contributed by atoms with Crippen LogP contribution in [0.4, 0.5) is 0 Å². The lowest BCUT2D eigenvalue weighted by Crippen LogP contribution is -2.58. The smallest absolute Gasteiger partial charge is 0.288 e. The summed E-state index contributed by atoms with van der Waals surface area (Å²) in [5.74, 6) is -0.359. The molecule has 0 aliphatic carbocycles. The minimum absolute atomic E-state index is 0.289. The molecule has 4 nitrogen and oxygen atoms in total. The number of ketones is 1. The van der Waals surface area contributed by atoms with Gasteiger partial charge in [0, 0.05) is 13.0 Å². The number of Topliss-reactive ketones (excluding diaryl/α,β-unsaturated/α-hetero) is 1. The van der Waals surface area contributed by atoms with E-state index >= 15 is 0 Å². The molecule has 0 saturated carbocycles. The number of piperidine rings is 2. The van der Waals surface area contributed by atoms with Gasteiger partial charge in [-0.2, -0.15) is 0 Å². The molecule has 2 aliphatic heterocycles. The number of carbonyl (C=O) groups is 2. The van der Waals surface area contributed by atoms with Gasteiger partial charge in [-0.05, 0) is 56.3 Å². The fraction of sp³-hybridized carbons (Fsp3) is 0.417. The van der Waals surface area contributed by atoms with Crippen LogP contribution in [0.5, 0.6) is 0 Å². The fourth-order valence-corrected chi connectivity index (χ4v) is 4.79. The van der Waals surface area contributed by atoms with E-state index in [1.807, 2.05) is 18.2 Å². The van der Waals surface area contributed by atoms with E-state index in [9.17, 15) is 9.59 Å². The van der Waals surface area contributed by atoms with Crippen molar-refractivity contribution >= 4 is 11.7 Å². The Balaban J connectivity index is 1.49. The maximum Gasteiger partial charge on any atom is 0.288 e. The molecule has 0 aromatic heterocycles. The summed E-state index contributed by atoms with van der Waals surface area (Å²) in [6.45, 7) is 5.10. The number of aryl methyl sites for hydroxylation is 1. The molecular formula is C24H28N2O2. The molecule has 1 N–H and O–H groups in total. The van der Waals surface area contributed by atoms with Crippen molar-refractivity contribution in [2.75, 3.05) is 13.1 Å². The summed E-state index contributed by atoms with van der Waals surface area (Å²) in [5.41, 5.74) is 3.35. The number of likely N-dealkylation sites (tertiary alicyclic amines) is 1. The van der Waals surface area contributed by atoms with Gasteiger partial charge in [0.2, 0.25) is 5.78 Å². The quantitative estimate of drug-likeness (QED) is 0.830. The van der Waals surface area contributed by atoms with Crippen molar-refractivity contribution < 1.29 is 9.59 Å². The van der Waals surface area contributed by atoms with E-state index in [2.05, 4.69) is 53.5 Å². The Morgan fingerprint density at radius 2 is 1.68 bits per heavy atom. The van der Waals surface area contributed by atoms with Gasteiger partial charge >= 0.3 is 0 Å². The maximum absolute atomic E-state index is 12.3. The number of hydrogen-bond acceptors (Lipinski definition) is 3. The molecule has 4 heteroatoms. The number of nitrogens with one attached hydrogen (secondary N) is 1. The third-order valence-electron chi connectivity index (χ3n) is 6.44. The zero-order valence-electron chi connectivity index (χ0n) is 16.5. The fourth-order valence-electron chi connectivity index (χ4n) is 4.79. The molecule has 1 amide bonds. The molecule has 28 heavy (non-hydrogen) atoms. The summed E-state index contributed by atoms with van der Waals surface area (Å²) in [4.78, 5) is 26.6. The SMILES string of the molecule is Cc1ccc(CN2CCC(C3(c4ccccc4)CCC(=O)C(=O)N3)CC2)cc1. The lowest BCUT2D eigenvalue weighted by Gasteiger charge is -2.47. The average molecular weight is 377 g/mol. The second kappa shape index (κ2) is 7.88. The van der Waals surface area contributed by atoms with Crippen molar-refractivity contribution in [1.29, 1.82) is 0 Å². The van der Waals surface area contributed by atoms with Crippen LogP contribution in [0.25, 0.3) is 0 Å². The highest BCUT2D eigenvalue weighted by Gasteiger charge is 2.46. The third kappa shape index (κ3) is 3.74. The van der Waals surface area contributed by atoms with Gasteiger partial charge in [0.15, 0.2) is 0 Å². The Bertz CT molecular complexity index is 839. The molecule has 2 aromatic carbocycles. The van der Waals surface area contributed by atoms with Gasteiger partial charge in [0.05, 0.1) is 5.54 Å². The van der Waals surface area contributed by atoms with E-state index in [0.29, 0.717) is 18.8 Å². The molecule has 146 valence electrons. The molecular weight excluding hydrogens is 348 g/mol. The Morgan fingerprint density at radius 1 is 1.00 bits per heavy atom. The molecule has 1 unspecified atom stereocenters. The topological polar surface area (TPSA) is 49.4 Å². The number of hydrogen-bond donors (Lipinski definition) is 1. The van der Waals surface area contributed by atoms with Crippen LogP contribution >= 0.6 is 0 Å². The van der Waals surface area contributed by atoms with Crippen LogP contribution in [-0.4, -0.2) is 29.7 Å². The molecule has 4 rings (SSSR count). The molecule has 0 bridgehead atoms. The minimum atomic E-state index is -0.419. The zero-order valence-corrected chi connectivity index (χ0v) is 16.5. The number of carbonyl (C=O) groups excluding carboxylic acids is 2. The predicted molar refractivity (Wildman–Crippen MR) is 110 cm³/mol. The van der Waals surface area contributed by atoms with Crippen LogP contribution in [0.3, 0.4) is 0 Å². The molecule has 2 aromatic rings. The molecule has 0 spiro atoms. The van der Waals surface area contributed by atoms with Crippen LogP contribution in [-0.2, 0) is 21.7 Å². The van der Waals surface area contributed by atoms with Crippen LogP contribution < -0.4 is 5.32 Å². The molecule has 2 saturated heterocycles. The van der Waals surface area contributed by atoms with Gasteiger partial charge in [-0.3, -0.25) is 14.5 Å². The first-order chi connectivity index (χ1) is 13.6. The van der Waals surface area contributed by atoms with E-state index in [4.69, 9.17) is 0 Å². The highest BCUT2D eigenvalue weighted by molar-refractivity contribution is 6.36. The number of nitrogens with zero attached hydrogens (tertiary/aromatic N) is 1. The van der Waals surface area contributed by atoms with Crippen LogP contribution in [0, 0.1) is 12.8 Å². The van der Waals surface area contributed by atoms with Gasteiger partial charge < -0.3 is 5.32 Å². The van der Waals surface area contributed by atoms with Crippen molar-refractivity contribution in [1.82, 2.24) is 10.2 Å². The van der Waals surface area contributed by atoms with Crippen molar-refractivity contribution in [3.63, 3.8) is 0 Å². The first-order valence-corrected chi connectivity index (χ1v) is 10.3. The first kappa shape index (κ1) is 18.9. The van der Waals surface area contributed by atoms with E-state index in [0.717, 1.165) is 38.0 Å². The second-order valence-corrected chi connectivity index (χ2v) is 8.25. The Morgan fingerprint density at radius 3 is 2.32 bits per heavy atom. The summed E-state index contributed by atoms with van der Waals surface area (Å²) in [5, 5.41) is 3.13. The van der Waals surface area contributed by atoms with Gasteiger partial charge in [-0.15, -0.1) is 0 Å². The standard InChI is InChI=1S/C24H28N2O2/c1-18-7-9-19(10-8-18)17-26-15-12-21(13-16-26)24(20-5-3-2-4-6-20)14-11-22(27)23(28)25-24/h2-10,21H,11-17H2,1H3,(H,25,28). The summed E-state index contributed by atoms with van der Waals surface area (Å²) < 4.78 is 0. The number of benzene rings is 2. The lowest BCUT2D eigenvalue weighted by atomic mass is 9.69. The number of amides is 1. The van der Waals surface area contributed by atoms with Gasteiger partial charge in [-0.25, -0.2) is 0 Å². The molecule has 0 radical (unpaired) electrons. The minimum Gasteiger partial charge on any atom is -0.340 e. The van der Waals surface area contributed by atoms with E-state index in [-0.39, 0.29) is 5.78 Å². The summed E-state index contributed by atoms with van der Waals surface area (Å²) in [6, 6.07) is 19.0. The predicted octanol–water partition coefficient (Wildman–Crippen LogP) is 3.58. The van der Waals surface area contributed by atoms with Gasteiger partial charge in [0.1, 0.15) is 0 Å². The van der Waals surface area contributed by atoms with Crippen molar-refractivity contribution in [2.45, 2.75) is 44.7 Å². The van der Waals surface area contributed by atoms with E-state index in [1.165, 1.54) is 11.1 Å². The maximum atomic E-state index is 12.3. The van der Waals surface area contributed by atoms with Crippen molar-refractivity contribution in [3.05, 3.63) is 71.3 Å². The summed E-state index contributed by atoms with van der Waals surface area (Å²) in [6.07, 6.45) is 3.08. The summed E-state index contributed by atoms with van der Waals surface area (Å²) in [7, 11) is 0. The second-order valence-electron chi connectivity index (χ2n) is 8.25. The normalized spacial score (nSPS) is 24.2. The van der Waals surface area contributed by atoms with Crippen LogP contribution in [0.1, 0.15) is 42.4 Å². The Kier molecular flexibility index (Phi) is 5.31. The van der Waals surface area contributed by atoms with Crippen molar-refractivity contribution in [2.24, 2.45) is 5.92 Å². The van der Waals surface area contributed by atoms with Crippen LogP contribution in [0.2, 0.25) is 0 Å².